The standard InChI is InChI=1S/C73H137NO5/c1-3-5-7-9-11-13-15-16-17-37-41-44-47-51-55-59-63-67-73(78)79-68-64-60-56-52-48-45-42-39-36-34-32-30-28-26-24-22-20-18-19-21-23-25-27-29-31-33-35-38-40-43-46-50-54-58-62-66-72(77)74-70(69-75)71(76)65-61-57-53-49-14-12-10-8-6-4-2/h11,13,16-17,20,22,61,65,70-71,75-76H,3-10,12,14-15,18-19,21,23-60,62-64,66-69H2,1-2H3,(H,74,77)/b13-11-,17-16-,22-20-,65-61+. The summed E-state index contributed by atoms with van der Waals surface area (Å²) in [6.45, 7) is 4.88. The van der Waals surface area contributed by atoms with Crippen molar-refractivity contribution in [3.8, 4) is 0 Å². The summed E-state index contributed by atoms with van der Waals surface area (Å²) in [5.41, 5.74) is 0. The molecule has 0 radical (unpaired) electrons. The first-order chi connectivity index (χ1) is 39.0. The molecular formula is C73H137NO5. The van der Waals surface area contributed by atoms with Crippen LogP contribution in [-0.2, 0) is 14.3 Å². The molecule has 0 bridgehead atoms. The number of carbonyl (C=O) groups excluding carboxylic acids is 2. The molecule has 0 aliphatic carbocycles. The van der Waals surface area contributed by atoms with Gasteiger partial charge in [-0.25, -0.2) is 0 Å². The molecule has 6 nitrogen and oxygen atoms in total. The molecule has 0 fully saturated rings. The number of carbonyl (C=O) groups is 2. The van der Waals surface area contributed by atoms with Crippen LogP contribution in [0.5, 0.6) is 0 Å². The molecule has 0 spiro atoms. The Hall–Kier alpha value is -2.18. The molecule has 0 aromatic heterocycles. The molecule has 0 aliphatic rings. The molecule has 6 heteroatoms. The number of rotatable bonds is 66. The van der Waals surface area contributed by atoms with E-state index in [1.807, 2.05) is 6.08 Å². The lowest BCUT2D eigenvalue weighted by Crippen LogP contribution is -2.45. The molecule has 0 saturated heterocycles. The van der Waals surface area contributed by atoms with Crippen molar-refractivity contribution in [2.75, 3.05) is 13.2 Å². The molecule has 0 heterocycles. The average Bonchev–Trinajstić information content (AvgIpc) is 3.45. The molecule has 0 rings (SSSR count). The zero-order valence-corrected chi connectivity index (χ0v) is 53.1. The Kier molecular flexibility index (Phi) is 66.4. The third-order valence-electron chi connectivity index (χ3n) is 16.3. The predicted octanol–water partition coefficient (Wildman–Crippen LogP) is 22.9. The maximum Gasteiger partial charge on any atom is 0.305 e. The second-order valence-electron chi connectivity index (χ2n) is 24.2. The van der Waals surface area contributed by atoms with Gasteiger partial charge in [-0.1, -0.05) is 326 Å². The molecule has 0 aromatic carbocycles. The maximum absolute atomic E-state index is 12.4. The number of hydrogen-bond acceptors (Lipinski definition) is 5. The van der Waals surface area contributed by atoms with Crippen molar-refractivity contribution in [2.24, 2.45) is 0 Å². The summed E-state index contributed by atoms with van der Waals surface area (Å²) in [4.78, 5) is 24.5. The van der Waals surface area contributed by atoms with Crippen LogP contribution in [0, 0.1) is 0 Å². The molecule has 0 saturated carbocycles. The van der Waals surface area contributed by atoms with E-state index in [1.54, 1.807) is 6.08 Å². The summed E-state index contributed by atoms with van der Waals surface area (Å²) in [5, 5.41) is 23.0. The molecule has 464 valence electrons. The fourth-order valence-electron chi connectivity index (χ4n) is 10.9. The highest BCUT2D eigenvalue weighted by Crippen LogP contribution is 2.18. The highest BCUT2D eigenvalue weighted by atomic mass is 16.5. The molecular weight excluding hydrogens is 971 g/mol. The maximum atomic E-state index is 12.4. The third kappa shape index (κ3) is 64.8. The molecule has 2 unspecified atom stereocenters. The van der Waals surface area contributed by atoms with Crippen molar-refractivity contribution in [3.05, 3.63) is 48.6 Å². The Labute approximate surface area is 493 Å². The second kappa shape index (κ2) is 68.3. The van der Waals surface area contributed by atoms with Gasteiger partial charge in [0.15, 0.2) is 0 Å². The Morgan fingerprint density at radius 2 is 0.633 bits per heavy atom. The quantitative estimate of drug-likeness (QED) is 0.0320. The van der Waals surface area contributed by atoms with E-state index in [0.717, 1.165) is 51.4 Å². The van der Waals surface area contributed by atoms with Gasteiger partial charge in [0.2, 0.25) is 5.91 Å². The van der Waals surface area contributed by atoms with Crippen molar-refractivity contribution in [3.63, 3.8) is 0 Å². The van der Waals surface area contributed by atoms with Crippen LogP contribution in [-0.4, -0.2) is 47.4 Å². The van der Waals surface area contributed by atoms with E-state index < -0.39 is 12.1 Å². The number of aliphatic hydroxyl groups is 2. The van der Waals surface area contributed by atoms with E-state index in [9.17, 15) is 19.8 Å². The fraction of sp³-hybridized carbons (Fsp3) is 0.863. The topological polar surface area (TPSA) is 95.9 Å². The van der Waals surface area contributed by atoms with Crippen LogP contribution in [0.4, 0.5) is 0 Å². The molecule has 0 aromatic rings. The molecule has 1 amide bonds. The minimum absolute atomic E-state index is 0.0122. The van der Waals surface area contributed by atoms with Gasteiger partial charge in [-0.05, 0) is 89.9 Å². The van der Waals surface area contributed by atoms with Gasteiger partial charge in [0.05, 0.1) is 25.4 Å². The number of unbranched alkanes of at least 4 members (excludes halogenated alkanes) is 49. The number of amides is 1. The van der Waals surface area contributed by atoms with Crippen molar-refractivity contribution in [1.29, 1.82) is 0 Å². The summed E-state index contributed by atoms with van der Waals surface area (Å²) in [7, 11) is 0. The number of allylic oxidation sites excluding steroid dienone is 7. The summed E-state index contributed by atoms with van der Waals surface area (Å²) in [5.74, 6) is -0.0532. The SMILES string of the molecule is CCCCC/C=C\C/C=C\CCCCCCCCCC(=O)OCCCCCCCCCCCCCCCC/C=C\CCCCCCCCCCCCCCCCCCCC(=O)NC(CO)C(O)/C=C/CCCCCCCCCC. The van der Waals surface area contributed by atoms with E-state index in [4.69, 9.17) is 4.74 Å². The van der Waals surface area contributed by atoms with E-state index in [2.05, 4.69) is 55.6 Å². The van der Waals surface area contributed by atoms with E-state index in [0.29, 0.717) is 19.4 Å². The molecule has 0 aliphatic heterocycles. The normalized spacial score (nSPS) is 12.8. The number of nitrogens with one attached hydrogen (secondary N) is 1. The van der Waals surface area contributed by atoms with Crippen molar-refractivity contribution in [1.82, 2.24) is 5.32 Å². The van der Waals surface area contributed by atoms with Crippen molar-refractivity contribution >= 4 is 11.9 Å². The largest absolute Gasteiger partial charge is 0.466 e. The smallest absolute Gasteiger partial charge is 0.305 e. The van der Waals surface area contributed by atoms with Gasteiger partial charge in [0, 0.05) is 12.8 Å². The number of hydrogen-bond donors (Lipinski definition) is 3. The predicted molar refractivity (Wildman–Crippen MR) is 347 cm³/mol. The third-order valence-corrected chi connectivity index (χ3v) is 16.3. The minimum atomic E-state index is -0.840. The average molecular weight is 1110 g/mol. The molecule has 2 atom stereocenters. The van der Waals surface area contributed by atoms with Gasteiger partial charge in [0.25, 0.3) is 0 Å². The fourth-order valence-corrected chi connectivity index (χ4v) is 10.9. The van der Waals surface area contributed by atoms with Crippen molar-refractivity contribution < 1.29 is 24.5 Å². The van der Waals surface area contributed by atoms with Gasteiger partial charge in [-0.15, -0.1) is 0 Å². The van der Waals surface area contributed by atoms with Gasteiger partial charge >= 0.3 is 5.97 Å². The van der Waals surface area contributed by atoms with Crippen molar-refractivity contribution in [2.45, 2.75) is 392 Å². The Bertz CT molecular complexity index is 1320. The summed E-state index contributed by atoms with van der Waals surface area (Å²) in [6, 6.07) is -0.624. The van der Waals surface area contributed by atoms with E-state index >= 15 is 0 Å². The highest BCUT2D eigenvalue weighted by Gasteiger charge is 2.18. The highest BCUT2D eigenvalue weighted by molar-refractivity contribution is 5.76. The lowest BCUT2D eigenvalue weighted by atomic mass is 10.0. The van der Waals surface area contributed by atoms with Crippen LogP contribution in [0.3, 0.4) is 0 Å². The van der Waals surface area contributed by atoms with Crippen LogP contribution in [0.1, 0.15) is 380 Å². The Balaban J connectivity index is 3.33. The monoisotopic (exact) mass is 1110 g/mol. The zero-order valence-electron chi connectivity index (χ0n) is 53.1. The van der Waals surface area contributed by atoms with Gasteiger partial charge in [0.1, 0.15) is 0 Å². The molecule has 79 heavy (non-hydrogen) atoms. The molecule has 3 N–H and O–H groups in total. The zero-order chi connectivity index (χ0) is 57.1. The lowest BCUT2D eigenvalue weighted by molar-refractivity contribution is -0.143. The second-order valence-corrected chi connectivity index (χ2v) is 24.2. The Morgan fingerprint density at radius 3 is 1.00 bits per heavy atom. The first kappa shape index (κ1) is 76.8. The van der Waals surface area contributed by atoms with E-state index in [1.165, 1.54) is 302 Å². The van der Waals surface area contributed by atoms with Gasteiger partial charge < -0.3 is 20.3 Å². The van der Waals surface area contributed by atoms with Crippen LogP contribution >= 0.6 is 0 Å². The summed E-state index contributed by atoms with van der Waals surface area (Å²) < 4.78 is 5.50. The van der Waals surface area contributed by atoms with E-state index in [-0.39, 0.29) is 18.5 Å². The van der Waals surface area contributed by atoms with Gasteiger partial charge in [-0.2, -0.15) is 0 Å². The number of esters is 1. The Morgan fingerprint density at radius 1 is 0.354 bits per heavy atom. The number of aliphatic hydroxyl groups excluding tert-OH is 2. The summed E-state index contributed by atoms with van der Waals surface area (Å²) >= 11 is 0. The summed E-state index contributed by atoms with van der Waals surface area (Å²) in [6.07, 6.45) is 89.3. The first-order valence-corrected chi connectivity index (χ1v) is 35.4. The van der Waals surface area contributed by atoms with Gasteiger partial charge in [-0.3, -0.25) is 9.59 Å². The van der Waals surface area contributed by atoms with Crippen LogP contribution < -0.4 is 5.32 Å². The number of ether oxygens (including phenoxy) is 1. The van der Waals surface area contributed by atoms with Crippen LogP contribution in [0.15, 0.2) is 48.6 Å². The minimum Gasteiger partial charge on any atom is -0.466 e. The van der Waals surface area contributed by atoms with Crippen LogP contribution in [0.2, 0.25) is 0 Å². The lowest BCUT2D eigenvalue weighted by Gasteiger charge is -2.20. The first-order valence-electron chi connectivity index (χ1n) is 35.4. The van der Waals surface area contributed by atoms with Crippen LogP contribution in [0.25, 0.3) is 0 Å².